The molecular formula is C47H87NO6. The topological polar surface area (TPSA) is 82.1 Å². The van der Waals surface area contributed by atoms with E-state index in [1.165, 1.54) is 83.5 Å². The van der Waals surface area contributed by atoms with Crippen molar-refractivity contribution in [2.24, 2.45) is 0 Å². The van der Waals surface area contributed by atoms with E-state index in [1.807, 2.05) is 12.2 Å². The second-order valence-electron chi connectivity index (χ2n) is 15.6. The minimum absolute atomic E-state index is 0.0295. The van der Waals surface area contributed by atoms with E-state index >= 15 is 0 Å². The van der Waals surface area contributed by atoms with Crippen LogP contribution in [0.15, 0.2) is 24.3 Å². The summed E-state index contributed by atoms with van der Waals surface area (Å²) in [6, 6.07) is 0. The molecule has 0 unspecified atom stereocenters. The molecule has 0 bridgehead atoms. The van der Waals surface area contributed by atoms with Crippen LogP contribution in [0.5, 0.6) is 0 Å². The van der Waals surface area contributed by atoms with Crippen LogP contribution in [0.25, 0.3) is 0 Å². The number of allylic oxidation sites excluding steroid dienone is 2. The van der Waals surface area contributed by atoms with Gasteiger partial charge in [0.15, 0.2) is 0 Å². The molecule has 54 heavy (non-hydrogen) atoms. The van der Waals surface area contributed by atoms with Crippen molar-refractivity contribution in [2.75, 3.05) is 33.4 Å². The molecule has 7 heteroatoms. The Morgan fingerprint density at radius 3 is 1.33 bits per heavy atom. The van der Waals surface area contributed by atoms with Gasteiger partial charge in [0.05, 0.1) is 0 Å². The predicted octanol–water partition coefficient (Wildman–Crippen LogP) is 13.2. The van der Waals surface area contributed by atoms with Crippen LogP contribution in [-0.2, 0) is 28.6 Å². The van der Waals surface area contributed by atoms with Gasteiger partial charge in [-0.05, 0) is 97.2 Å². The number of ether oxygens (including phenoxy) is 3. The summed E-state index contributed by atoms with van der Waals surface area (Å²) >= 11 is 0. The van der Waals surface area contributed by atoms with Crippen molar-refractivity contribution >= 4 is 17.9 Å². The fourth-order valence-electron chi connectivity index (χ4n) is 6.62. The number of hydrogen-bond acceptors (Lipinski definition) is 7. The summed E-state index contributed by atoms with van der Waals surface area (Å²) in [5, 5.41) is 0. The first kappa shape index (κ1) is 51.9. The van der Waals surface area contributed by atoms with Crippen molar-refractivity contribution in [3.8, 4) is 0 Å². The molecule has 0 aliphatic heterocycles. The summed E-state index contributed by atoms with van der Waals surface area (Å²) in [5.41, 5.74) is 0. The van der Waals surface area contributed by atoms with Gasteiger partial charge in [0.2, 0.25) is 0 Å². The summed E-state index contributed by atoms with van der Waals surface area (Å²) in [6.07, 6.45) is 40.9. The van der Waals surface area contributed by atoms with Crippen molar-refractivity contribution in [3.63, 3.8) is 0 Å². The van der Waals surface area contributed by atoms with E-state index in [0.717, 1.165) is 109 Å². The first-order valence-corrected chi connectivity index (χ1v) is 22.9. The van der Waals surface area contributed by atoms with Gasteiger partial charge in [-0.1, -0.05) is 148 Å². The number of unbranched alkanes of at least 4 members (excludes halogenated alkanes) is 20. The van der Waals surface area contributed by atoms with Crippen LogP contribution in [0.1, 0.15) is 220 Å². The molecule has 0 amide bonds. The normalized spacial score (nSPS) is 11.7. The zero-order valence-electron chi connectivity index (χ0n) is 36.0. The van der Waals surface area contributed by atoms with E-state index in [1.54, 1.807) is 0 Å². The number of hydrogen-bond donors (Lipinski definition) is 0. The van der Waals surface area contributed by atoms with Gasteiger partial charge in [-0.2, -0.15) is 0 Å². The lowest BCUT2D eigenvalue weighted by Gasteiger charge is -2.19. The first-order chi connectivity index (χ1) is 26.4. The smallest absolute Gasteiger partial charge is 0.306 e. The third kappa shape index (κ3) is 39.5. The molecule has 0 heterocycles. The largest absolute Gasteiger partial charge is 0.462 e. The van der Waals surface area contributed by atoms with Crippen molar-refractivity contribution in [3.05, 3.63) is 24.3 Å². The Kier molecular flexibility index (Phi) is 40.3. The molecule has 0 aromatic heterocycles. The quantitative estimate of drug-likeness (QED) is 0.0265. The lowest BCUT2D eigenvalue weighted by atomic mass is 10.0. The van der Waals surface area contributed by atoms with E-state index in [2.05, 4.69) is 44.9 Å². The van der Waals surface area contributed by atoms with E-state index < -0.39 is 0 Å². The summed E-state index contributed by atoms with van der Waals surface area (Å²) in [4.78, 5) is 39.3. The number of carbonyl (C=O) groups is 3. The van der Waals surface area contributed by atoms with Crippen molar-refractivity contribution < 1.29 is 28.6 Å². The van der Waals surface area contributed by atoms with Crippen molar-refractivity contribution in [1.82, 2.24) is 4.90 Å². The zero-order chi connectivity index (χ0) is 39.6. The van der Waals surface area contributed by atoms with Gasteiger partial charge < -0.3 is 19.1 Å². The predicted molar refractivity (Wildman–Crippen MR) is 228 cm³/mol. The van der Waals surface area contributed by atoms with Crippen molar-refractivity contribution in [2.45, 2.75) is 226 Å². The molecule has 0 aromatic carbocycles. The number of carbonyl (C=O) groups excluding carboxylic acids is 3. The van der Waals surface area contributed by atoms with Crippen LogP contribution in [0, 0.1) is 0 Å². The average Bonchev–Trinajstić information content (AvgIpc) is 3.15. The lowest BCUT2D eigenvalue weighted by molar-refractivity contribution is -0.150. The van der Waals surface area contributed by atoms with Gasteiger partial charge in [-0.25, -0.2) is 0 Å². The molecule has 0 rings (SSSR count). The third-order valence-electron chi connectivity index (χ3n) is 10.1. The zero-order valence-corrected chi connectivity index (χ0v) is 36.0. The SMILES string of the molecule is CCCCCC/C=C\COC(=O)CCCCCCCC(CCCCCCCC(=O)OC/C=C\CCCCCC)OC(=O)CCCN(C)CCCCCCC. The summed E-state index contributed by atoms with van der Waals surface area (Å²) < 4.78 is 16.7. The van der Waals surface area contributed by atoms with Gasteiger partial charge in [0.25, 0.3) is 0 Å². The van der Waals surface area contributed by atoms with E-state index in [4.69, 9.17) is 14.2 Å². The Labute approximate surface area is 334 Å². The van der Waals surface area contributed by atoms with Gasteiger partial charge in [-0.3, -0.25) is 14.4 Å². The monoisotopic (exact) mass is 762 g/mol. The van der Waals surface area contributed by atoms with Gasteiger partial charge in [0, 0.05) is 19.3 Å². The van der Waals surface area contributed by atoms with Crippen LogP contribution in [-0.4, -0.2) is 62.3 Å². The maximum absolute atomic E-state index is 12.8. The molecule has 0 aliphatic rings. The van der Waals surface area contributed by atoms with E-state index in [0.29, 0.717) is 32.5 Å². The minimum Gasteiger partial charge on any atom is -0.462 e. The first-order valence-electron chi connectivity index (χ1n) is 22.9. The molecule has 0 saturated heterocycles. The molecule has 0 spiro atoms. The Morgan fingerprint density at radius 2 is 0.833 bits per heavy atom. The number of rotatable bonds is 41. The average molecular weight is 762 g/mol. The maximum atomic E-state index is 12.8. The van der Waals surface area contributed by atoms with E-state index in [9.17, 15) is 14.4 Å². The number of nitrogens with zero attached hydrogens (tertiary/aromatic N) is 1. The maximum Gasteiger partial charge on any atom is 0.306 e. The fourth-order valence-corrected chi connectivity index (χ4v) is 6.62. The Hall–Kier alpha value is -2.15. The Balaban J connectivity index is 4.34. The van der Waals surface area contributed by atoms with E-state index in [-0.39, 0.29) is 24.0 Å². The van der Waals surface area contributed by atoms with Gasteiger partial charge in [-0.15, -0.1) is 0 Å². The van der Waals surface area contributed by atoms with Gasteiger partial charge in [0.1, 0.15) is 19.3 Å². The second-order valence-corrected chi connectivity index (χ2v) is 15.6. The van der Waals surface area contributed by atoms with Crippen LogP contribution in [0.4, 0.5) is 0 Å². The van der Waals surface area contributed by atoms with Crippen molar-refractivity contribution in [1.29, 1.82) is 0 Å². The molecule has 316 valence electrons. The van der Waals surface area contributed by atoms with Crippen LogP contribution >= 0.6 is 0 Å². The molecule has 0 radical (unpaired) electrons. The Morgan fingerprint density at radius 1 is 0.444 bits per heavy atom. The summed E-state index contributed by atoms with van der Waals surface area (Å²) in [6.45, 7) is 9.47. The summed E-state index contributed by atoms with van der Waals surface area (Å²) in [7, 11) is 2.16. The molecule has 7 nitrogen and oxygen atoms in total. The number of esters is 3. The lowest BCUT2D eigenvalue weighted by Crippen LogP contribution is -2.23. The third-order valence-corrected chi connectivity index (χ3v) is 10.1. The van der Waals surface area contributed by atoms with Crippen LogP contribution in [0.3, 0.4) is 0 Å². The molecule has 0 aliphatic carbocycles. The highest BCUT2D eigenvalue weighted by atomic mass is 16.5. The highest BCUT2D eigenvalue weighted by Gasteiger charge is 2.15. The second kappa shape index (κ2) is 42.0. The minimum atomic E-state index is -0.105. The highest BCUT2D eigenvalue weighted by molar-refractivity contribution is 5.70. The summed E-state index contributed by atoms with van der Waals surface area (Å²) in [5.74, 6) is -0.273. The molecule has 0 aromatic rings. The molecule has 0 N–H and O–H groups in total. The van der Waals surface area contributed by atoms with Crippen LogP contribution in [0.2, 0.25) is 0 Å². The standard InChI is InChI=1S/C47H87NO6/c1-5-8-11-14-16-25-32-42-52-45(49)37-29-22-18-20-27-35-44(54-47(51)39-34-41-48(4)40-31-24-13-10-7-3)36-28-21-19-23-30-38-46(50)53-43-33-26-17-15-12-9-6-2/h25-26,32-33,44H,5-24,27-31,34-43H2,1-4H3/b32-25-,33-26-. The molecule has 0 atom stereocenters. The molecule has 0 fully saturated rings. The van der Waals surface area contributed by atoms with Crippen LogP contribution < -0.4 is 0 Å². The Bertz CT molecular complexity index is 851. The van der Waals surface area contributed by atoms with Gasteiger partial charge >= 0.3 is 17.9 Å². The highest BCUT2D eigenvalue weighted by Crippen LogP contribution is 2.18. The molecule has 0 saturated carbocycles. The molecular weight excluding hydrogens is 675 g/mol. The fraction of sp³-hybridized carbons (Fsp3) is 0.851.